The molecule has 0 saturated carbocycles. The number of para-hydroxylation sites is 1. The van der Waals surface area contributed by atoms with Crippen molar-refractivity contribution in [2.75, 3.05) is 5.32 Å². The van der Waals surface area contributed by atoms with Crippen LogP contribution in [0, 0.1) is 0 Å². The predicted molar refractivity (Wildman–Crippen MR) is 70.8 cm³/mol. The number of benzene rings is 1. The van der Waals surface area contributed by atoms with Crippen molar-refractivity contribution >= 4 is 16.5 Å². The zero-order valence-corrected chi connectivity index (χ0v) is 10.3. The molecule has 0 spiro atoms. The third-order valence-electron chi connectivity index (χ3n) is 2.53. The summed E-state index contributed by atoms with van der Waals surface area (Å²) in [5.41, 5.74) is 3.94. The van der Waals surface area contributed by atoms with E-state index in [-0.39, 0.29) is 0 Å². The maximum absolute atomic E-state index is 4.26. The van der Waals surface area contributed by atoms with Crippen LogP contribution >= 0.6 is 11.3 Å². The van der Waals surface area contributed by atoms with Crippen LogP contribution in [0.15, 0.2) is 48.2 Å². The number of hydrogen-bond donors (Lipinski definition) is 1. The zero-order valence-electron chi connectivity index (χ0n) is 9.52. The Morgan fingerprint density at radius 2 is 2.17 bits per heavy atom. The highest BCUT2D eigenvalue weighted by atomic mass is 32.1. The van der Waals surface area contributed by atoms with Gasteiger partial charge in [0.05, 0.1) is 5.69 Å². The fourth-order valence-corrected chi connectivity index (χ4v) is 2.16. The summed E-state index contributed by atoms with van der Waals surface area (Å²) in [5, 5.41) is 16.1. The maximum Gasteiger partial charge on any atom is 0.205 e. The van der Waals surface area contributed by atoms with E-state index in [0.717, 1.165) is 16.4 Å². The van der Waals surface area contributed by atoms with Crippen LogP contribution in [0.5, 0.6) is 0 Å². The third kappa shape index (κ3) is 2.23. The van der Waals surface area contributed by atoms with Gasteiger partial charge in [0, 0.05) is 18.9 Å². The second-order valence-corrected chi connectivity index (χ2v) is 4.51. The Morgan fingerprint density at radius 3 is 2.94 bits per heavy atom. The van der Waals surface area contributed by atoms with Gasteiger partial charge in [-0.15, -0.1) is 10.2 Å². The van der Waals surface area contributed by atoms with Gasteiger partial charge in [-0.3, -0.25) is 0 Å². The van der Waals surface area contributed by atoms with Gasteiger partial charge in [0.15, 0.2) is 0 Å². The van der Waals surface area contributed by atoms with E-state index in [0.29, 0.717) is 6.54 Å². The molecule has 0 radical (unpaired) electrons. The van der Waals surface area contributed by atoms with Crippen LogP contribution in [0.4, 0.5) is 5.13 Å². The topological polar surface area (TPSA) is 55.6 Å². The van der Waals surface area contributed by atoms with Crippen molar-refractivity contribution in [1.29, 1.82) is 0 Å². The van der Waals surface area contributed by atoms with Gasteiger partial charge in [0.25, 0.3) is 0 Å². The molecule has 0 aliphatic rings. The summed E-state index contributed by atoms with van der Waals surface area (Å²) in [6, 6.07) is 10.1. The Labute approximate surface area is 108 Å². The lowest BCUT2D eigenvalue weighted by atomic mass is 10.2. The number of nitrogens with one attached hydrogen (secondary N) is 1. The van der Waals surface area contributed by atoms with E-state index in [2.05, 4.69) is 26.7 Å². The highest BCUT2D eigenvalue weighted by molar-refractivity contribution is 7.13. The van der Waals surface area contributed by atoms with Crippen molar-refractivity contribution < 1.29 is 0 Å². The molecule has 0 fully saturated rings. The summed E-state index contributed by atoms with van der Waals surface area (Å²) in [6.07, 6.45) is 3.71. The summed E-state index contributed by atoms with van der Waals surface area (Å²) in [7, 11) is 0. The summed E-state index contributed by atoms with van der Waals surface area (Å²) in [4.78, 5) is 0. The van der Waals surface area contributed by atoms with E-state index in [1.165, 1.54) is 11.3 Å². The largest absolute Gasteiger partial charge is 0.356 e. The lowest BCUT2D eigenvalue weighted by Crippen LogP contribution is -2.05. The lowest BCUT2D eigenvalue weighted by Gasteiger charge is -2.09. The molecule has 0 aliphatic heterocycles. The SMILES string of the molecule is c1ccc(-n2cccn2)c(CNc2nncs2)c1. The van der Waals surface area contributed by atoms with Gasteiger partial charge in [0.1, 0.15) is 5.51 Å². The summed E-state index contributed by atoms with van der Waals surface area (Å²) < 4.78 is 1.86. The Bertz CT molecular complexity index is 603. The minimum absolute atomic E-state index is 0.700. The van der Waals surface area contributed by atoms with Crippen molar-refractivity contribution in [3.05, 3.63) is 53.8 Å². The normalized spacial score (nSPS) is 10.4. The molecule has 0 unspecified atom stereocenters. The molecule has 5 nitrogen and oxygen atoms in total. The van der Waals surface area contributed by atoms with Crippen molar-refractivity contribution in [3.63, 3.8) is 0 Å². The number of nitrogens with zero attached hydrogens (tertiary/aromatic N) is 4. The van der Waals surface area contributed by atoms with Crippen LogP contribution < -0.4 is 5.32 Å². The van der Waals surface area contributed by atoms with Crippen molar-refractivity contribution in [1.82, 2.24) is 20.0 Å². The van der Waals surface area contributed by atoms with Crippen LogP contribution in [0.3, 0.4) is 0 Å². The van der Waals surface area contributed by atoms with E-state index >= 15 is 0 Å². The van der Waals surface area contributed by atoms with Gasteiger partial charge in [0.2, 0.25) is 5.13 Å². The van der Waals surface area contributed by atoms with Gasteiger partial charge in [-0.25, -0.2) is 4.68 Å². The Hall–Kier alpha value is -2.21. The molecule has 1 aromatic carbocycles. The molecule has 18 heavy (non-hydrogen) atoms. The van der Waals surface area contributed by atoms with Crippen LogP contribution in [0.1, 0.15) is 5.56 Å². The van der Waals surface area contributed by atoms with Crippen LogP contribution in [0.25, 0.3) is 5.69 Å². The standard InChI is InChI=1S/C12H11N5S/c1-2-5-11(17-7-3-6-15-17)10(4-1)8-13-12-16-14-9-18-12/h1-7,9H,8H2,(H,13,16). The number of aromatic nitrogens is 4. The molecule has 0 aliphatic carbocycles. The Morgan fingerprint density at radius 1 is 1.22 bits per heavy atom. The summed E-state index contributed by atoms with van der Waals surface area (Å²) in [5.74, 6) is 0. The van der Waals surface area contributed by atoms with Gasteiger partial charge < -0.3 is 5.32 Å². The molecule has 2 heterocycles. The van der Waals surface area contributed by atoms with E-state index in [1.807, 2.05) is 35.1 Å². The van der Waals surface area contributed by atoms with Gasteiger partial charge in [-0.05, 0) is 17.7 Å². The molecule has 0 atom stereocenters. The maximum atomic E-state index is 4.26. The van der Waals surface area contributed by atoms with Crippen molar-refractivity contribution in [2.45, 2.75) is 6.54 Å². The third-order valence-corrected chi connectivity index (χ3v) is 3.18. The van der Waals surface area contributed by atoms with E-state index in [9.17, 15) is 0 Å². The Balaban J connectivity index is 1.84. The molecule has 90 valence electrons. The zero-order chi connectivity index (χ0) is 12.2. The van der Waals surface area contributed by atoms with Crippen molar-refractivity contribution in [2.24, 2.45) is 0 Å². The first-order valence-corrected chi connectivity index (χ1v) is 6.39. The average molecular weight is 257 g/mol. The van der Waals surface area contributed by atoms with Crippen molar-refractivity contribution in [3.8, 4) is 5.69 Å². The fourth-order valence-electron chi connectivity index (χ4n) is 1.72. The summed E-state index contributed by atoms with van der Waals surface area (Å²) >= 11 is 1.49. The van der Waals surface area contributed by atoms with Crippen LogP contribution in [-0.2, 0) is 6.54 Å². The first-order chi connectivity index (χ1) is 8.93. The smallest absolute Gasteiger partial charge is 0.205 e. The first kappa shape index (κ1) is 10.9. The molecular weight excluding hydrogens is 246 g/mol. The monoisotopic (exact) mass is 257 g/mol. The lowest BCUT2D eigenvalue weighted by molar-refractivity contribution is 0.863. The molecule has 3 rings (SSSR count). The van der Waals surface area contributed by atoms with E-state index in [1.54, 1.807) is 11.7 Å². The molecule has 2 aromatic heterocycles. The number of hydrogen-bond acceptors (Lipinski definition) is 5. The van der Waals surface area contributed by atoms with E-state index in [4.69, 9.17) is 0 Å². The molecule has 3 aromatic rings. The molecule has 0 amide bonds. The highest BCUT2D eigenvalue weighted by Crippen LogP contribution is 2.16. The minimum atomic E-state index is 0.700. The average Bonchev–Trinajstić information content (AvgIpc) is 3.10. The van der Waals surface area contributed by atoms with Gasteiger partial charge >= 0.3 is 0 Å². The summed E-state index contributed by atoms with van der Waals surface area (Å²) in [6.45, 7) is 0.700. The Kier molecular flexibility index (Phi) is 3.01. The fraction of sp³-hybridized carbons (Fsp3) is 0.0833. The van der Waals surface area contributed by atoms with Crippen LogP contribution in [0.2, 0.25) is 0 Å². The van der Waals surface area contributed by atoms with Crippen LogP contribution in [-0.4, -0.2) is 20.0 Å². The van der Waals surface area contributed by atoms with Gasteiger partial charge in [-0.1, -0.05) is 29.5 Å². The molecule has 0 bridgehead atoms. The second-order valence-electron chi connectivity index (χ2n) is 3.68. The number of anilines is 1. The number of rotatable bonds is 4. The molecular formula is C12H11N5S. The second kappa shape index (κ2) is 4.97. The molecule has 6 heteroatoms. The minimum Gasteiger partial charge on any atom is -0.356 e. The molecule has 1 N–H and O–H groups in total. The quantitative estimate of drug-likeness (QED) is 0.779. The first-order valence-electron chi connectivity index (χ1n) is 5.51. The molecule has 0 saturated heterocycles. The predicted octanol–water partition coefficient (Wildman–Crippen LogP) is 2.34. The highest BCUT2D eigenvalue weighted by Gasteiger charge is 2.04. The van der Waals surface area contributed by atoms with Gasteiger partial charge in [-0.2, -0.15) is 5.10 Å². The van der Waals surface area contributed by atoms with E-state index < -0.39 is 0 Å².